The van der Waals surface area contributed by atoms with Gasteiger partial charge in [0.2, 0.25) is 0 Å². The highest BCUT2D eigenvalue weighted by atomic mass is 16.5. The Labute approximate surface area is 123 Å². The van der Waals surface area contributed by atoms with Gasteiger partial charge in [0.1, 0.15) is 5.75 Å². The number of anilines is 1. The van der Waals surface area contributed by atoms with Crippen molar-refractivity contribution in [2.75, 3.05) is 25.9 Å². The lowest BCUT2D eigenvalue weighted by Crippen LogP contribution is -2.40. The number of nitrogen functional groups attached to an aromatic ring is 1. The van der Waals surface area contributed by atoms with Gasteiger partial charge in [0.05, 0.1) is 12.8 Å². The molecule has 1 aliphatic carbocycles. The van der Waals surface area contributed by atoms with Gasteiger partial charge in [-0.05, 0) is 56.8 Å². The Morgan fingerprint density at radius 2 is 1.95 bits per heavy atom. The van der Waals surface area contributed by atoms with Gasteiger partial charge in [0.15, 0.2) is 0 Å². The summed E-state index contributed by atoms with van der Waals surface area (Å²) in [6, 6.07) is 4.79. The van der Waals surface area contributed by atoms with E-state index in [1.54, 1.807) is 7.11 Å². The van der Waals surface area contributed by atoms with Crippen molar-refractivity contribution in [1.29, 1.82) is 0 Å². The monoisotopic (exact) mass is 276 g/mol. The first-order valence-electron chi connectivity index (χ1n) is 7.89. The van der Waals surface area contributed by atoms with E-state index in [1.165, 1.54) is 43.5 Å². The highest BCUT2D eigenvalue weighted by Crippen LogP contribution is 2.35. The van der Waals surface area contributed by atoms with Crippen LogP contribution in [0.15, 0.2) is 12.1 Å². The Bertz CT molecular complexity index is 439. The van der Waals surface area contributed by atoms with Gasteiger partial charge < -0.3 is 15.4 Å². The lowest BCUT2D eigenvalue weighted by Gasteiger charge is -2.35. The zero-order chi connectivity index (χ0) is 14.5. The molecule has 0 bridgehead atoms. The quantitative estimate of drug-likeness (QED) is 0.811. The van der Waals surface area contributed by atoms with Gasteiger partial charge in [0, 0.05) is 11.6 Å². The van der Waals surface area contributed by atoms with Gasteiger partial charge in [-0.2, -0.15) is 0 Å². The van der Waals surface area contributed by atoms with Crippen LogP contribution in [0.1, 0.15) is 44.2 Å². The number of benzene rings is 1. The molecular formula is C17H28N2O. The Hall–Kier alpha value is -1.22. The Kier molecular flexibility index (Phi) is 5.30. The minimum absolute atomic E-state index is 0.637. The number of aryl methyl sites for hydroxylation is 1. The summed E-state index contributed by atoms with van der Waals surface area (Å²) < 4.78 is 5.55. The maximum atomic E-state index is 6.06. The van der Waals surface area contributed by atoms with Crippen molar-refractivity contribution < 1.29 is 4.74 Å². The molecule has 1 unspecified atom stereocenters. The summed E-state index contributed by atoms with van der Waals surface area (Å²) >= 11 is 0. The van der Waals surface area contributed by atoms with Gasteiger partial charge in [-0.25, -0.2) is 0 Å². The van der Waals surface area contributed by atoms with Gasteiger partial charge in [0.25, 0.3) is 0 Å². The third-order valence-electron chi connectivity index (χ3n) is 4.32. The molecule has 1 aliphatic rings. The fourth-order valence-corrected chi connectivity index (χ4v) is 3.41. The number of nitrogens with two attached hydrogens (primary N) is 1. The molecule has 0 spiro atoms. The average Bonchev–Trinajstić information content (AvgIpc) is 2.46. The predicted molar refractivity (Wildman–Crippen MR) is 85.4 cm³/mol. The summed E-state index contributed by atoms with van der Waals surface area (Å²) in [7, 11) is 1.73. The van der Waals surface area contributed by atoms with Crippen molar-refractivity contribution in [3.8, 4) is 5.75 Å². The molecule has 0 fully saturated rings. The predicted octanol–water partition coefficient (Wildman–Crippen LogP) is 3.26. The van der Waals surface area contributed by atoms with Crippen LogP contribution in [-0.4, -0.2) is 31.1 Å². The minimum Gasteiger partial charge on any atom is -0.494 e. The van der Waals surface area contributed by atoms with Crippen molar-refractivity contribution >= 4 is 5.69 Å². The van der Waals surface area contributed by atoms with Gasteiger partial charge in [-0.3, -0.25) is 0 Å². The summed E-state index contributed by atoms with van der Waals surface area (Å²) in [5.74, 6) is 0.903. The van der Waals surface area contributed by atoms with Crippen LogP contribution >= 0.6 is 0 Å². The molecule has 2 N–H and O–H groups in total. The van der Waals surface area contributed by atoms with Crippen LogP contribution in [0.5, 0.6) is 5.75 Å². The van der Waals surface area contributed by atoms with E-state index in [2.05, 4.69) is 24.8 Å². The summed E-state index contributed by atoms with van der Waals surface area (Å²) in [5.41, 5.74) is 9.57. The second-order valence-electron chi connectivity index (χ2n) is 5.76. The Morgan fingerprint density at radius 3 is 2.55 bits per heavy atom. The third kappa shape index (κ3) is 3.09. The first-order chi connectivity index (χ1) is 9.71. The lowest BCUT2D eigenvalue weighted by atomic mass is 9.86. The highest BCUT2D eigenvalue weighted by molar-refractivity contribution is 5.60. The lowest BCUT2D eigenvalue weighted by molar-refractivity contribution is 0.179. The standard InChI is InChI=1S/C17H28N2O/c1-4-10-19(11-5-2)14-8-6-13-7-9-16(18)17(20-3)15(13)12-14/h7,9,14H,4-6,8,10-12,18H2,1-3H3. The number of ether oxygens (including phenoxy) is 1. The van der Waals surface area contributed by atoms with Gasteiger partial charge >= 0.3 is 0 Å². The second kappa shape index (κ2) is 6.98. The van der Waals surface area contributed by atoms with E-state index < -0.39 is 0 Å². The molecule has 0 amide bonds. The van der Waals surface area contributed by atoms with Crippen molar-refractivity contribution in [2.45, 2.75) is 52.0 Å². The van der Waals surface area contributed by atoms with E-state index in [0.717, 1.165) is 24.3 Å². The van der Waals surface area contributed by atoms with Crippen LogP contribution < -0.4 is 10.5 Å². The number of fused-ring (bicyclic) bond motifs is 1. The van der Waals surface area contributed by atoms with E-state index in [0.29, 0.717) is 6.04 Å². The number of rotatable bonds is 6. The molecular weight excluding hydrogens is 248 g/mol. The van der Waals surface area contributed by atoms with Crippen molar-refractivity contribution in [3.63, 3.8) is 0 Å². The highest BCUT2D eigenvalue weighted by Gasteiger charge is 2.26. The summed E-state index contributed by atoms with van der Waals surface area (Å²) in [6.07, 6.45) is 5.90. The molecule has 2 rings (SSSR count). The first kappa shape index (κ1) is 15.2. The number of hydrogen-bond acceptors (Lipinski definition) is 3. The number of nitrogens with zero attached hydrogens (tertiary/aromatic N) is 1. The zero-order valence-corrected chi connectivity index (χ0v) is 13.1. The van der Waals surface area contributed by atoms with Crippen LogP contribution in [0.2, 0.25) is 0 Å². The third-order valence-corrected chi connectivity index (χ3v) is 4.32. The number of hydrogen-bond donors (Lipinski definition) is 1. The molecule has 20 heavy (non-hydrogen) atoms. The van der Waals surface area contributed by atoms with E-state index in [4.69, 9.17) is 10.5 Å². The molecule has 0 saturated heterocycles. The van der Waals surface area contributed by atoms with Crippen LogP contribution in [0.4, 0.5) is 5.69 Å². The van der Waals surface area contributed by atoms with Crippen molar-refractivity contribution in [3.05, 3.63) is 23.3 Å². The summed E-state index contributed by atoms with van der Waals surface area (Å²) in [6.45, 7) is 6.91. The van der Waals surface area contributed by atoms with E-state index in [-0.39, 0.29) is 0 Å². The average molecular weight is 276 g/mol. The topological polar surface area (TPSA) is 38.5 Å². The molecule has 3 nitrogen and oxygen atoms in total. The molecule has 1 aromatic rings. The molecule has 1 aromatic carbocycles. The van der Waals surface area contributed by atoms with Crippen molar-refractivity contribution in [1.82, 2.24) is 4.90 Å². The van der Waals surface area contributed by atoms with E-state index >= 15 is 0 Å². The molecule has 0 aliphatic heterocycles. The Balaban J connectivity index is 2.22. The van der Waals surface area contributed by atoms with Crippen LogP contribution in [-0.2, 0) is 12.8 Å². The molecule has 0 saturated carbocycles. The summed E-state index contributed by atoms with van der Waals surface area (Å²) in [5, 5.41) is 0. The zero-order valence-electron chi connectivity index (χ0n) is 13.1. The normalized spacial score (nSPS) is 18.1. The second-order valence-corrected chi connectivity index (χ2v) is 5.76. The smallest absolute Gasteiger partial charge is 0.145 e. The van der Waals surface area contributed by atoms with Crippen LogP contribution in [0.25, 0.3) is 0 Å². The minimum atomic E-state index is 0.637. The van der Waals surface area contributed by atoms with Crippen LogP contribution in [0.3, 0.4) is 0 Å². The number of methoxy groups -OCH3 is 1. The van der Waals surface area contributed by atoms with Gasteiger partial charge in [-0.15, -0.1) is 0 Å². The maximum absolute atomic E-state index is 6.06. The fourth-order valence-electron chi connectivity index (χ4n) is 3.41. The van der Waals surface area contributed by atoms with Gasteiger partial charge in [-0.1, -0.05) is 19.9 Å². The SMILES string of the molecule is CCCN(CCC)C1CCc2ccc(N)c(OC)c2C1. The molecule has 3 heteroatoms. The molecule has 112 valence electrons. The van der Waals surface area contributed by atoms with Crippen molar-refractivity contribution in [2.24, 2.45) is 0 Å². The summed E-state index contributed by atoms with van der Waals surface area (Å²) in [4.78, 5) is 2.64. The molecule has 1 atom stereocenters. The van der Waals surface area contributed by atoms with E-state index in [9.17, 15) is 0 Å². The largest absolute Gasteiger partial charge is 0.494 e. The van der Waals surface area contributed by atoms with E-state index in [1.807, 2.05) is 6.07 Å². The molecule has 0 aromatic heterocycles. The fraction of sp³-hybridized carbons (Fsp3) is 0.647. The van der Waals surface area contributed by atoms with Crippen LogP contribution in [0, 0.1) is 0 Å². The maximum Gasteiger partial charge on any atom is 0.145 e. The molecule has 0 heterocycles. The first-order valence-corrected chi connectivity index (χ1v) is 7.89. The molecule has 0 radical (unpaired) electrons. The Morgan fingerprint density at radius 1 is 1.25 bits per heavy atom.